The van der Waals surface area contributed by atoms with Gasteiger partial charge in [0, 0.05) is 21.2 Å². The van der Waals surface area contributed by atoms with Crippen LogP contribution in [0.5, 0.6) is 0 Å². The Labute approximate surface area is 130 Å². The normalized spacial score (nSPS) is 10.8. The number of aromatic nitrogens is 2. The molecule has 0 aliphatic heterocycles. The maximum atomic E-state index is 12.5. The van der Waals surface area contributed by atoms with Gasteiger partial charge in [0.2, 0.25) is 0 Å². The van der Waals surface area contributed by atoms with Crippen molar-refractivity contribution in [2.24, 2.45) is 0 Å². The van der Waals surface area contributed by atoms with Crippen molar-refractivity contribution in [1.29, 1.82) is 0 Å². The van der Waals surface area contributed by atoms with E-state index in [1.807, 2.05) is 50.2 Å². The Morgan fingerprint density at radius 3 is 2.52 bits per heavy atom. The maximum Gasteiger partial charge on any atom is 0.259 e. The summed E-state index contributed by atoms with van der Waals surface area (Å²) in [6.07, 6.45) is 0. The van der Waals surface area contributed by atoms with Crippen LogP contribution < -0.4 is 5.32 Å². The molecule has 1 heterocycles. The molecule has 2 N–H and O–H groups in total. The Balaban J connectivity index is 2.03. The van der Waals surface area contributed by atoms with Gasteiger partial charge in [-0.1, -0.05) is 40.2 Å². The number of nitrogens with one attached hydrogen (secondary N) is 2. The SMILES string of the molecule is Cc1n[nH]c(C)c1C(=O)Nc1ccc(Br)c2ccccc12. The molecule has 1 amide bonds. The number of nitrogens with zero attached hydrogens (tertiary/aromatic N) is 1. The van der Waals surface area contributed by atoms with Crippen molar-refractivity contribution in [3.63, 3.8) is 0 Å². The molecule has 0 aliphatic rings. The lowest BCUT2D eigenvalue weighted by atomic mass is 10.1. The number of anilines is 1. The van der Waals surface area contributed by atoms with E-state index in [0.29, 0.717) is 11.3 Å². The minimum atomic E-state index is -0.147. The van der Waals surface area contributed by atoms with Crippen LogP contribution in [0.4, 0.5) is 5.69 Å². The highest BCUT2D eigenvalue weighted by Crippen LogP contribution is 2.30. The first-order chi connectivity index (χ1) is 10.1. The molecule has 0 aliphatic carbocycles. The second-order valence-corrected chi connectivity index (χ2v) is 5.76. The quantitative estimate of drug-likeness (QED) is 0.732. The number of carbonyl (C=O) groups is 1. The highest BCUT2D eigenvalue weighted by atomic mass is 79.9. The topological polar surface area (TPSA) is 57.8 Å². The molecule has 0 atom stereocenters. The van der Waals surface area contributed by atoms with Gasteiger partial charge in [0.05, 0.1) is 11.3 Å². The molecule has 106 valence electrons. The maximum absolute atomic E-state index is 12.5. The van der Waals surface area contributed by atoms with Gasteiger partial charge in [0.15, 0.2) is 0 Å². The number of aromatic amines is 1. The summed E-state index contributed by atoms with van der Waals surface area (Å²) in [5, 5.41) is 11.9. The van der Waals surface area contributed by atoms with Gasteiger partial charge in [-0.25, -0.2) is 0 Å². The van der Waals surface area contributed by atoms with E-state index in [1.165, 1.54) is 0 Å². The molecule has 21 heavy (non-hydrogen) atoms. The number of H-pyrrole nitrogens is 1. The van der Waals surface area contributed by atoms with E-state index in [0.717, 1.165) is 26.6 Å². The predicted octanol–water partition coefficient (Wildman–Crippen LogP) is 4.19. The second-order valence-electron chi connectivity index (χ2n) is 4.90. The zero-order chi connectivity index (χ0) is 15.0. The van der Waals surface area contributed by atoms with Crippen LogP contribution in [0.1, 0.15) is 21.7 Å². The molecule has 3 rings (SSSR count). The Bertz CT molecular complexity index is 819. The first-order valence-electron chi connectivity index (χ1n) is 6.58. The lowest BCUT2D eigenvalue weighted by Crippen LogP contribution is -2.14. The highest BCUT2D eigenvalue weighted by molar-refractivity contribution is 9.10. The molecule has 3 aromatic rings. The van der Waals surface area contributed by atoms with Gasteiger partial charge in [-0.2, -0.15) is 5.10 Å². The Hall–Kier alpha value is -2.14. The van der Waals surface area contributed by atoms with Crippen LogP contribution in [0.15, 0.2) is 40.9 Å². The molecule has 2 aromatic carbocycles. The van der Waals surface area contributed by atoms with Crippen molar-refractivity contribution >= 4 is 38.3 Å². The first-order valence-corrected chi connectivity index (χ1v) is 7.37. The standard InChI is InChI=1S/C16H14BrN3O/c1-9-15(10(2)20-19-9)16(21)18-14-8-7-13(17)11-5-3-4-6-12(11)14/h3-8H,1-2H3,(H,18,21)(H,19,20). The number of amides is 1. The van der Waals surface area contributed by atoms with Gasteiger partial charge < -0.3 is 5.32 Å². The number of aryl methyl sites for hydroxylation is 2. The lowest BCUT2D eigenvalue weighted by molar-refractivity contribution is 0.102. The summed E-state index contributed by atoms with van der Waals surface area (Å²) >= 11 is 3.53. The Kier molecular flexibility index (Phi) is 3.51. The van der Waals surface area contributed by atoms with Crippen molar-refractivity contribution < 1.29 is 4.79 Å². The summed E-state index contributed by atoms with van der Waals surface area (Å²) in [6.45, 7) is 3.66. The zero-order valence-electron chi connectivity index (χ0n) is 11.7. The number of carbonyl (C=O) groups excluding carboxylic acids is 1. The van der Waals surface area contributed by atoms with Gasteiger partial charge in [0.25, 0.3) is 5.91 Å². The monoisotopic (exact) mass is 343 g/mol. The predicted molar refractivity (Wildman–Crippen MR) is 87.7 cm³/mol. The summed E-state index contributed by atoms with van der Waals surface area (Å²) in [4.78, 5) is 12.5. The fraction of sp³-hybridized carbons (Fsp3) is 0.125. The van der Waals surface area contributed by atoms with Gasteiger partial charge in [-0.3, -0.25) is 9.89 Å². The number of hydrogen-bond donors (Lipinski definition) is 2. The Morgan fingerprint density at radius 1 is 1.14 bits per heavy atom. The molecule has 0 fully saturated rings. The van der Waals surface area contributed by atoms with Crippen LogP contribution in [0.25, 0.3) is 10.8 Å². The van der Waals surface area contributed by atoms with Gasteiger partial charge in [0.1, 0.15) is 0 Å². The molecular weight excluding hydrogens is 330 g/mol. The summed E-state index contributed by atoms with van der Waals surface area (Å²) < 4.78 is 1.01. The van der Waals surface area contributed by atoms with Gasteiger partial charge in [-0.05, 0) is 31.4 Å². The lowest BCUT2D eigenvalue weighted by Gasteiger charge is -2.10. The van der Waals surface area contributed by atoms with E-state index in [2.05, 4.69) is 31.4 Å². The van der Waals surface area contributed by atoms with Crippen molar-refractivity contribution in [1.82, 2.24) is 10.2 Å². The fourth-order valence-corrected chi connectivity index (χ4v) is 2.92. The molecule has 0 unspecified atom stereocenters. The minimum Gasteiger partial charge on any atom is -0.321 e. The van der Waals surface area contributed by atoms with Crippen LogP contribution in [-0.4, -0.2) is 16.1 Å². The third kappa shape index (κ3) is 2.45. The van der Waals surface area contributed by atoms with Crippen molar-refractivity contribution in [3.05, 3.63) is 57.8 Å². The summed E-state index contributed by atoms with van der Waals surface area (Å²) in [6, 6.07) is 11.8. The van der Waals surface area contributed by atoms with Crippen LogP contribution >= 0.6 is 15.9 Å². The molecule has 5 heteroatoms. The molecule has 1 aromatic heterocycles. The average Bonchev–Trinajstić information content (AvgIpc) is 2.81. The van der Waals surface area contributed by atoms with Crippen molar-refractivity contribution in [3.8, 4) is 0 Å². The second kappa shape index (κ2) is 5.33. The smallest absolute Gasteiger partial charge is 0.259 e. The molecule has 0 spiro atoms. The number of hydrogen-bond acceptors (Lipinski definition) is 2. The van der Waals surface area contributed by atoms with Crippen LogP contribution in [0.2, 0.25) is 0 Å². The number of halogens is 1. The zero-order valence-corrected chi connectivity index (χ0v) is 13.3. The first kappa shape index (κ1) is 13.8. The average molecular weight is 344 g/mol. The number of benzene rings is 2. The van der Waals surface area contributed by atoms with E-state index >= 15 is 0 Å². The van der Waals surface area contributed by atoms with Crippen molar-refractivity contribution in [2.45, 2.75) is 13.8 Å². The third-order valence-corrected chi connectivity index (χ3v) is 4.17. The van der Waals surface area contributed by atoms with Gasteiger partial charge >= 0.3 is 0 Å². The summed E-state index contributed by atoms with van der Waals surface area (Å²) in [5.74, 6) is -0.147. The molecule has 0 radical (unpaired) electrons. The van der Waals surface area contributed by atoms with Crippen molar-refractivity contribution in [2.75, 3.05) is 5.32 Å². The number of fused-ring (bicyclic) bond motifs is 1. The Morgan fingerprint density at radius 2 is 1.86 bits per heavy atom. The van der Waals surface area contributed by atoms with Crippen LogP contribution in [-0.2, 0) is 0 Å². The third-order valence-electron chi connectivity index (χ3n) is 3.47. The van der Waals surface area contributed by atoms with E-state index in [1.54, 1.807) is 0 Å². The summed E-state index contributed by atoms with van der Waals surface area (Å²) in [7, 11) is 0. The van der Waals surface area contributed by atoms with E-state index in [9.17, 15) is 4.79 Å². The molecule has 4 nitrogen and oxygen atoms in total. The molecule has 0 saturated heterocycles. The van der Waals surface area contributed by atoms with Crippen LogP contribution in [0.3, 0.4) is 0 Å². The van der Waals surface area contributed by atoms with E-state index in [4.69, 9.17) is 0 Å². The van der Waals surface area contributed by atoms with E-state index < -0.39 is 0 Å². The molecule has 0 bridgehead atoms. The van der Waals surface area contributed by atoms with Gasteiger partial charge in [-0.15, -0.1) is 0 Å². The minimum absolute atomic E-state index is 0.147. The van der Waals surface area contributed by atoms with Crippen LogP contribution in [0, 0.1) is 13.8 Å². The highest BCUT2D eigenvalue weighted by Gasteiger charge is 2.16. The number of rotatable bonds is 2. The summed E-state index contributed by atoms with van der Waals surface area (Å²) in [5.41, 5.74) is 2.86. The molecule has 0 saturated carbocycles. The largest absolute Gasteiger partial charge is 0.321 e. The fourth-order valence-electron chi connectivity index (χ4n) is 2.44. The van der Waals surface area contributed by atoms with E-state index in [-0.39, 0.29) is 5.91 Å². The molecular formula is C16H14BrN3O.